The van der Waals surface area contributed by atoms with E-state index < -0.39 is 0 Å². The topological polar surface area (TPSA) is 27.7 Å². The first-order valence-corrected chi connectivity index (χ1v) is 7.29. The standard InChI is InChI=1S/C18H20O3/c1-19-17-7-2-3-8-18(17)21-10-9-14-5-4-6-15(11-14)16-12-20-13-16/h2-8,11,16H,9-10,12-13H2,1H3. The van der Waals surface area contributed by atoms with Gasteiger partial charge in [0.2, 0.25) is 0 Å². The molecule has 1 aliphatic rings. The molecular formula is C18H20O3. The molecule has 1 heterocycles. The summed E-state index contributed by atoms with van der Waals surface area (Å²) in [6.45, 7) is 2.34. The SMILES string of the molecule is COc1ccccc1OCCc1cccc(C2COC2)c1. The lowest BCUT2D eigenvalue weighted by Crippen LogP contribution is -2.25. The zero-order valence-electron chi connectivity index (χ0n) is 12.2. The summed E-state index contributed by atoms with van der Waals surface area (Å²) in [5.41, 5.74) is 2.67. The summed E-state index contributed by atoms with van der Waals surface area (Å²) in [5.74, 6) is 2.14. The molecule has 0 N–H and O–H groups in total. The van der Waals surface area contributed by atoms with Gasteiger partial charge in [-0.25, -0.2) is 0 Å². The molecule has 110 valence electrons. The van der Waals surface area contributed by atoms with Gasteiger partial charge >= 0.3 is 0 Å². The largest absolute Gasteiger partial charge is 0.493 e. The van der Waals surface area contributed by atoms with Crippen molar-refractivity contribution in [3.8, 4) is 11.5 Å². The molecule has 2 aromatic rings. The summed E-state index contributed by atoms with van der Waals surface area (Å²) in [6, 6.07) is 16.4. The van der Waals surface area contributed by atoms with Gasteiger partial charge in [-0.2, -0.15) is 0 Å². The van der Waals surface area contributed by atoms with Gasteiger partial charge in [0.05, 0.1) is 26.9 Å². The first kappa shape index (κ1) is 14.0. The highest BCUT2D eigenvalue weighted by molar-refractivity contribution is 5.39. The fourth-order valence-corrected chi connectivity index (χ4v) is 2.45. The predicted octanol–water partition coefficient (Wildman–Crippen LogP) is 3.43. The lowest BCUT2D eigenvalue weighted by atomic mass is 9.95. The van der Waals surface area contributed by atoms with Crippen LogP contribution in [0.25, 0.3) is 0 Å². The zero-order chi connectivity index (χ0) is 14.5. The molecule has 0 aliphatic carbocycles. The van der Waals surface area contributed by atoms with Crippen molar-refractivity contribution in [1.82, 2.24) is 0 Å². The Labute approximate surface area is 125 Å². The van der Waals surface area contributed by atoms with E-state index in [4.69, 9.17) is 14.2 Å². The van der Waals surface area contributed by atoms with E-state index in [2.05, 4.69) is 24.3 Å². The summed E-state index contributed by atoms with van der Waals surface area (Å²) < 4.78 is 16.4. The van der Waals surface area contributed by atoms with Gasteiger partial charge in [0.15, 0.2) is 11.5 Å². The lowest BCUT2D eigenvalue weighted by Gasteiger charge is -2.26. The van der Waals surface area contributed by atoms with Gasteiger partial charge in [-0.1, -0.05) is 36.4 Å². The van der Waals surface area contributed by atoms with Crippen molar-refractivity contribution < 1.29 is 14.2 Å². The summed E-state index contributed by atoms with van der Waals surface area (Å²) in [6.07, 6.45) is 0.888. The summed E-state index contributed by atoms with van der Waals surface area (Å²) in [7, 11) is 1.66. The minimum atomic E-state index is 0.570. The second-order valence-corrected chi connectivity index (χ2v) is 5.23. The van der Waals surface area contributed by atoms with Crippen molar-refractivity contribution >= 4 is 0 Å². The number of methoxy groups -OCH3 is 1. The Balaban J connectivity index is 1.57. The average molecular weight is 284 g/mol. The van der Waals surface area contributed by atoms with Crippen LogP contribution in [0.2, 0.25) is 0 Å². The van der Waals surface area contributed by atoms with Crippen molar-refractivity contribution in [2.75, 3.05) is 26.9 Å². The van der Waals surface area contributed by atoms with E-state index in [-0.39, 0.29) is 0 Å². The van der Waals surface area contributed by atoms with Crippen molar-refractivity contribution in [2.45, 2.75) is 12.3 Å². The molecule has 2 aromatic carbocycles. The maximum Gasteiger partial charge on any atom is 0.161 e. The lowest BCUT2D eigenvalue weighted by molar-refractivity contribution is 0.00839. The molecule has 0 bridgehead atoms. The van der Waals surface area contributed by atoms with E-state index in [0.29, 0.717) is 12.5 Å². The quantitative estimate of drug-likeness (QED) is 0.813. The first-order chi connectivity index (χ1) is 10.4. The average Bonchev–Trinajstić information content (AvgIpc) is 2.46. The number of para-hydroxylation sites is 2. The highest BCUT2D eigenvalue weighted by Crippen LogP contribution is 2.27. The maximum atomic E-state index is 5.82. The normalized spacial score (nSPS) is 14.5. The number of ether oxygens (including phenoxy) is 3. The van der Waals surface area contributed by atoms with Crippen LogP contribution in [0.4, 0.5) is 0 Å². The molecule has 0 unspecified atom stereocenters. The third-order valence-corrected chi connectivity index (χ3v) is 3.78. The van der Waals surface area contributed by atoms with Crippen LogP contribution in [-0.4, -0.2) is 26.9 Å². The van der Waals surface area contributed by atoms with Crippen LogP contribution in [0, 0.1) is 0 Å². The number of hydrogen-bond donors (Lipinski definition) is 0. The Hall–Kier alpha value is -2.00. The molecule has 1 fully saturated rings. The Morgan fingerprint density at radius 1 is 1.05 bits per heavy atom. The molecule has 21 heavy (non-hydrogen) atoms. The number of rotatable bonds is 6. The molecule has 0 saturated carbocycles. The Morgan fingerprint density at radius 2 is 1.86 bits per heavy atom. The summed E-state index contributed by atoms with van der Waals surface area (Å²) in [5, 5.41) is 0. The predicted molar refractivity (Wildman–Crippen MR) is 82.2 cm³/mol. The second-order valence-electron chi connectivity index (χ2n) is 5.23. The fourth-order valence-electron chi connectivity index (χ4n) is 2.45. The van der Waals surface area contributed by atoms with Crippen LogP contribution < -0.4 is 9.47 Å². The van der Waals surface area contributed by atoms with Gasteiger partial charge in [-0.3, -0.25) is 0 Å². The molecule has 1 saturated heterocycles. The van der Waals surface area contributed by atoms with Gasteiger partial charge < -0.3 is 14.2 Å². The van der Waals surface area contributed by atoms with Crippen molar-refractivity contribution in [1.29, 1.82) is 0 Å². The van der Waals surface area contributed by atoms with E-state index in [1.165, 1.54) is 11.1 Å². The van der Waals surface area contributed by atoms with Crippen LogP contribution in [-0.2, 0) is 11.2 Å². The minimum absolute atomic E-state index is 0.570. The van der Waals surface area contributed by atoms with Crippen molar-refractivity contribution in [2.24, 2.45) is 0 Å². The van der Waals surface area contributed by atoms with E-state index in [1.807, 2.05) is 24.3 Å². The van der Waals surface area contributed by atoms with E-state index >= 15 is 0 Å². The van der Waals surface area contributed by atoms with Crippen LogP contribution >= 0.6 is 0 Å². The monoisotopic (exact) mass is 284 g/mol. The van der Waals surface area contributed by atoms with Gasteiger partial charge in [-0.15, -0.1) is 0 Å². The fraction of sp³-hybridized carbons (Fsp3) is 0.333. The van der Waals surface area contributed by atoms with Gasteiger partial charge in [-0.05, 0) is 23.3 Å². The van der Waals surface area contributed by atoms with E-state index in [9.17, 15) is 0 Å². The van der Waals surface area contributed by atoms with Crippen LogP contribution in [0.1, 0.15) is 17.0 Å². The van der Waals surface area contributed by atoms with E-state index in [1.54, 1.807) is 7.11 Å². The maximum absolute atomic E-state index is 5.82. The number of benzene rings is 2. The third-order valence-electron chi connectivity index (χ3n) is 3.78. The molecule has 3 nitrogen and oxygen atoms in total. The second kappa shape index (κ2) is 6.64. The molecule has 0 aromatic heterocycles. The minimum Gasteiger partial charge on any atom is -0.493 e. The summed E-state index contributed by atoms with van der Waals surface area (Å²) >= 11 is 0. The Kier molecular flexibility index (Phi) is 4.41. The highest BCUT2D eigenvalue weighted by atomic mass is 16.5. The Morgan fingerprint density at radius 3 is 2.57 bits per heavy atom. The third kappa shape index (κ3) is 3.37. The van der Waals surface area contributed by atoms with Crippen LogP contribution in [0.15, 0.2) is 48.5 Å². The highest BCUT2D eigenvalue weighted by Gasteiger charge is 2.20. The zero-order valence-corrected chi connectivity index (χ0v) is 12.2. The summed E-state index contributed by atoms with van der Waals surface area (Å²) in [4.78, 5) is 0. The molecular weight excluding hydrogens is 264 g/mol. The molecule has 0 spiro atoms. The van der Waals surface area contributed by atoms with Gasteiger partial charge in [0, 0.05) is 12.3 Å². The smallest absolute Gasteiger partial charge is 0.161 e. The molecule has 3 rings (SSSR count). The Bertz CT molecular complexity index is 591. The van der Waals surface area contributed by atoms with Crippen LogP contribution in [0.5, 0.6) is 11.5 Å². The van der Waals surface area contributed by atoms with Crippen LogP contribution in [0.3, 0.4) is 0 Å². The van der Waals surface area contributed by atoms with Gasteiger partial charge in [0.25, 0.3) is 0 Å². The molecule has 0 radical (unpaired) electrons. The van der Waals surface area contributed by atoms with Crippen molar-refractivity contribution in [3.63, 3.8) is 0 Å². The van der Waals surface area contributed by atoms with Crippen molar-refractivity contribution in [3.05, 3.63) is 59.7 Å². The molecule has 0 atom stereocenters. The number of hydrogen-bond acceptors (Lipinski definition) is 3. The molecule has 3 heteroatoms. The molecule has 0 amide bonds. The van der Waals surface area contributed by atoms with Gasteiger partial charge in [0.1, 0.15) is 0 Å². The first-order valence-electron chi connectivity index (χ1n) is 7.29. The van der Waals surface area contributed by atoms with E-state index in [0.717, 1.165) is 31.1 Å². The molecule has 1 aliphatic heterocycles.